The van der Waals surface area contributed by atoms with E-state index in [9.17, 15) is 17.6 Å². The second-order valence-corrected chi connectivity index (χ2v) is 4.84. The van der Waals surface area contributed by atoms with Crippen molar-refractivity contribution in [2.75, 3.05) is 13.1 Å². The van der Waals surface area contributed by atoms with Crippen LogP contribution in [0.2, 0.25) is 0 Å². The maximum Gasteiger partial charge on any atom is 0.416 e. The predicted molar refractivity (Wildman–Crippen MR) is 63.9 cm³/mol. The van der Waals surface area contributed by atoms with Crippen LogP contribution in [-0.4, -0.2) is 13.1 Å². The van der Waals surface area contributed by atoms with Crippen LogP contribution in [0.4, 0.5) is 17.6 Å². The molecule has 0 aliphatic carbocycles. The maximum absolute atomic E-state index is 13.2. The molecule has 0 saturated carbocycles. The molecular formula is C13H16F4N2. The molecule has 0 bridgehead atoms. The minimum atomic E-state index is -4.51. The molecule has 0 amide bonds. The van der Waals surface area contributed by atoms with E-state index in [1.165, 1.54) is 0 Å². The predicted octanol–water partition coefficient (Wildman–Crippen LogP) is 2.84. The second kappa shape index (κ2) is 5.46. The lowest BCUT2D eigenvalue weighted by molar-refractivity contribution is -0.138. The molecule has 6 heteroatoms. The Bertz CT molecular complexity index is 439. The lowest BCUT2D eigenvalue weighted by Crippen LogP contribution is -2.34. The summed E-state index contributed by atoms with van der Waals surface area (Å²) in [6, 6.07) is 1.72. The van der Waals surface area contributed by atoms with Crippen molar-refractivity contribution >= 4 is 0 Å². The minimum Gasteiger partial charge on any atom is -0.324 e. The SMILES string of the molecule is N[C@@H](c1cc(F)ccc1C(F)(F)F)C1CCNCC1. The van der Waals surface area contributed by atoms with Gasteiger partial charge in [0, 0.05) is 6.04 Å². The summed E-state index contributed by atoms with van der Waals surface area (Å²) < 4.78 is 52.0. The van der Waals surface area contributed by atoms with Crippen LogP contribution < -0.4 is 11.1 Å². The Morgan fingerprint density at radius 3 is 2.42 bits per heavy atom. The van der Waals surface area contributed by atoms with E-state index in [4.69, 9.17) is 5.73 Å². The van der Waals surface area contributed by atoms with Gasteiger partial charge in [-0.1, -0.05) is 0 Å². The molecular weight excluding hydrogens is 260 g/mol. The summed E-state index contributed by atoms with van der Waals surface area (Å²) in [4.78, 5) is 0. The first-order valence-electron chi connectivity index (χ1n) is 6.22. The van der Waals surface area contributed by atoms with Gasteiger partial charge in [0.15, 0.2) is 0 Å². The summed E-state index contributed by atoms with van der Waals surface area (Å²) in [5.74, 6) is -0.739. The van der Waals surface area contributed by atoms with Gasteiger partial charge in [0.05, 0.1) is 5.56 Å². The van der Waals surface area contributed by atoms with E-state index in [-0.39, 0.29) is 11.5 Å². The zero-order valence-corrected chi connectivity index (χ0v) is 10.3. The van der Waals surface area contributed by atoms with Gasteiger partial charge < -0.3 is 11.1 Å². The first-order valence-corrected chi connectivity index (χ1v) is 6.22. The van der Waals surface area contributed by atoms with Gasteiger partial charge >= 0.3 is 6.18 Å². The highest BCUT2D eigenvalue weighted by atomic mass is 19.4. The number of benzene rings is 1. The number of nitrogens with two attached hydrogens (primary N) is 1. The number of hydrogen-bond donors (Lipinski definition) is 2. The van der Waals surface area contributed by atoms with Crippen LogP contribution in [0.25, 0.3) is 0 Å². The molecule has 2 nitrogen and oxygen atoms in total. The van der Waals surface area contributed by atoms with Gasteiger partial charge in [-0.15, -0.1) is 0 Å². The highest BCUT2D eigenvalue weighted by molar-refractivity contribution is 5.33. The zero-order valence-electron chi connectivity index (χ0n) is 10.3. The number of halogens is 4. The third kappa shape index (κ3) is 3.25. The van der Waals surface area contributed by atoms with Crippen molar-refractivity contribution in [1.82, 2.24) is 5.32 Å². The van der Waals surface area contributed by atoms with E-state index in [1.54, 1.807) is 0 Å². The van der Waals surface area contributed by atoms with Crippen molar-refractivity contribution in [2.45, 2.75) is 25.1 Å². The molecule has 1 fully saturated rings. The highest BCUT2D eigenvalue weighted by Crippen LogP contribution is 2.37. The summed E-state index contributed by atoms with van der Waals surface area (Å²) in [5, 5.41) is 3.13. The zero-order chi connectivity index (χ0) is 14.0. The van der Waals surface area contributed by atoms with Gasteiger partial charge in [0.25, 0.3) is 0 Å². The number of hydrogen-bond acceptors (Lipinski definition) is 2. The van der Waals surface area contributed by atoms with Crippen LogP contribution in [0.1, 0.15) is 30.0 Å². The van der Waals surface area contributed by atoms with Crippen LogP contribution in [0.15, 0.2) is 18.2 Å². The first kappa shape index (κ1) is 14.3. The first-order chi connectivity index (χ1) is 8.89. The molecule has 0 radical (unpaired) electrons. The second-order valence-electron chi connectivity index (χ2n) is 4.84. The Balaban J connectivity index is 2.33. The Morgan fingerprint density at radius 1 is 1.21 bits per heavy atom. The molecule has 1 saturated heterocycles. The number of alkyl halides is 3. The standard InChI is InChI=1S/C13H16F4N2/c14-9-1-2-11(13(15,16)17)10(7-9)12(18)8-3-5-19-6-4-8/h1-2,7-8,12,19H,3-6,18H2/t12-/m1/s1. The highest BCUT2D eigenvalue weighted by Gasteiger charge is 2.36. The minimum absolute atomic E-state index is 0.0517. The van der Waals surface area contributed by atoms with Gasteiger partial charge in [0.1, 0.15) is 5.82 Å². The fourth-order valence-electron chi connectivity index (χ4n) is 2.52. The van der Waals surface area contributed by atoms with Crippen LogP contribution in [0.5, 0.6) is 0 Å². The summed E-state index contributed by atoms with van der Waals surface area (Å²) in [5.41, 5.74) is 4.97. The van der Waals surface area contributed by atoms with Gasteiger partial charge in [-0.25, -0.2) is 4.39 Å². The molecule has 1 aromatic carbocycles. The van der Waals surface area contributed by atoms with Crippen molar-refractivity contribution in [2.24, 2.45) is 11.7 Å². The molecule has 2 rings (SSSR count). The van der Waals surface area contributed by atoms with E-state index >= 15 is 0 Å². The van der Waals surface area contributed by atoms with Crippen LogP contribution in [0.3, 0.4) is 0 Å². The number of piperidine rings is 1. The van der Waals surface area contributed by atoms with Crippen molar-refractivity contribution in [1.29, 1.82) is 0 Å². The average molecular weight is 276 g/mol. The average Bonchev–Trinajstić information content (AvgIpc) is 2.37. The third-order valence-corrected chi connectivity index (χ3v) is 3.57. The van der Waals surface area contributed by atoms with Crippen molar-refractivity contribution in [3.63, 3.8) is 0 Å². The van der Waals surface area contributed by atoms with Crippen molar-refractivity contribution < 1.29 is 17.6 Å². The number of nitrogens with one attached hydrogen (secondary N) is 1. The van der Waals surface area contributed by atoms with E-state index in [2.05, 4.69) is 5.32 Å². The van der Waals surface area contributed by atoms with E-state index in [0.29, 0.717) is 12.8 Å². The van der Waals surface area contributed by atoms with Crippen molar-refractivity contribution in [3.05, 3.63) is 35.1 Å². The quantitative estimate of drug-likeness (QED) is 0.815. The fraction of sp³-hybridized carbons (Fsp3) is 0.538. The lowest BCUT2D eigenvalue weighted by atomic mass is 9.84. The fourth-order valence-corrected chi connectivity index (χ4v) is 2.52. The topological polar surface area (TPSA) is 38.0 Å². The monoisotopic (exact) mass is 276 g/mol. The molecule has 1 heterocycles. The molecule has 0 spiro atoms. The van der Waals surface area contributed by atoms with E-state index in [1.807, 2.05) is 0 Å². The van der Waals surface area contributed by atoms with Gasteiger partial charge in [0.2, 0.25) is 0 Å². The summed E-state index contributed by atoms with van der Waals surface area (Å²) in [6.07, 6.45) is -3.10. The molecule has 106 valence electrons. The molecule has 3 N–H and O–H groups in total. The summed E-state index contributed by atoms with van der Waals surface area (Å²) >= 11 is 0. The Morgan fingerprint density at radius 2 is 1.84 bits per heavy atom. The van der Waals surface area contributed by atoms with Gasteiger partial charge in [-0.05, 0) is 55.6 Å². The largest absolute Gasteiger partial charge is 0.416 e. The van der Waals surface area contributed by atoms with Gasteiger partial charge in [-0.2, -0.15) is 13.2 Å². The van der Waals surface area contributed by atoms with Crippen molar-refractivity contribution in [3.8, 4) is 0 Å². The lowest BCUT2D eigenvalue weighted by Gasteiger charge is -2.30. The van der Waals surface area contributed by atoms with Crippen LogP contribution in [-0.2, 0) is 6.18 Å². The van der Waals surface area contributed by atoms with E-state index < -0.39 is 23.6 Å². The molecule has 1 aliphatic heterocycles. The number of rotatable bonds is 2. The molecule has 1 aromatic rings. The Kier molecular flexibility index (Phi) is 4.10. The third-order valence-electron chi connectivity index (χ3n) is 3.57. The van der Waals surface area contributed by atoms with Crippen LogP contribution >= 0.6 is 0 Å². The van der Waals surface area contributed by atoms with Gasteiger partial charge in [-0.3, -0.25) is 0 Å². The Labute approximate surface area is 109 Å². The molecule has 0 aromatic heterocycles. The van der Waals surface area contributed by atoms with E-state index in [0.717, 1.165) is 31.3 Å². The molecule has 1 aliphatic rings. The smallest absolute Gasteiger partial charge is 0.324 e. The molecule has 1 atom stereocenters. The summed E-state index contributed by atoms with van der Waals surface area (Å²) in [6.45, 7) is 1.46. The summed E-state index contributed by atoms with van der Waals surface area (Å²) in [7, 11) is 0. The normalized spacial score (nSPS) is 19.4. The molecule has 0 unspecified atom stereocenters. The van der Waals surface area contributed by atoms with Crippen LogP contribution in [0, 0.1) is 11.7 Å². The molecule has 19 heavy (non-hydrogen) atoms. The maximum atomic E-state index is 13.2. The Hall–Kier alpha value is -1.14.